The molecule has 16 heavy (non-hydrogen) atoms. The van der Waals surface area contributed by atoms with E-state index in [-0.39, 0.29) is 0 Å². The summed E-state index contributed by atoms with van der Waals surface area (Å²) in [7, 11) is 0. The second kappa shape index (κ2) is 4.75. The zero-order chi connectivity index (χ0) is 11.6. The number of hydrogen-bond donors (Lipinski definition) is 0. The molecule has 1 saturated carbocycles. The number of nitriles is 1. The molecular formula is C14H24N2. The van der Waals surface area contributed by atoms with Crippen LogP contribution in [0.25, 0.3) is 0 Å². The van der Waals surface area contributed by atoms with E-state index in [4.69, 9.17) is 0 Å². The summed E-state index contributed by atoms with van der Waals surface area (Å²) < 4.78 is 0. The van der Waals surface area contributed by atoms with Crippen molar-refractivity contribution >= 4 is 0 Å². The SMILES string of the molecule is CC1(C)CCCN(C2CCCCC2C#N)C1. The lowest BCUT2D eigenvalue weighted by Crippen LogP contribution is -2.49. The van der Waals surface area contributed by atoms with Crippen molar-refractivity contribution in [1.82, 2.24) is 4.90 Å². The summed E-state index contributed by atoms with van der Waals surface area (Å²) >= 11 is 0. The first-order valence-electron chi connectivity index (χ1n) is 6.76. The highest BCUT2D eigenvalue weighted by Gasteiger charge is 2.35. The Hall–Kier alpha value is -0.550. The molecule has 0 aromatic heterocycles. The van der Waals surface area contributed by atoms with Gasteiger partial charge in [0, 0.05) is 12.6 Å². The Kier molecular flexibility index (Phi) is 3.54. The molecule has 0 bridgehead atoms. The monoisotopic (exact) mass is 220 g/mol. The van der Waals surface area contributed by atoms with Crippen LogP contribution in [0.3, 0.4) is 0 Å². The fraction of sp³-hybridized carbons (Fsp3) is 0.929. The Morgan fingerprint density at radius 1 is 1.19 bits per heavy atom. The first-order chi connectivity index (χ1) is 7.62. The lowest BCUT2D eigenvalue weighted by Gasteiger charge is -2.45. The van der Waals surface area contributed by atoms with Crippen LogP contribution < -0.4 is 0 Å². The molecule has 1 aliphatic carbocycles. The third kappa shape index (κ3) is 2.58. The highest BCUT2D eigenvalue weighted by molar-refractivity contribution is 4.97. The van der Waals surface area contributed by atoms with E-state index in [0.717, 1.165) is 6.42 Å². The Bertz CT molecular complexity index is 277. The number of rotatable bonds is 1. The van der Waals surface area contributed by atoms with Crippen molar-refractivity contribution in [3.63, 3.8) is 0 Å². The maximum Gasteiger partial charge on any atom is 0.0672 e. The van der Waals surface area contributed by atoms with Crippen LogP contribution in [-0.4, -0.2) is 24.0 Å². The molecule has 0 N–H and O–H groups in total. The Morgan fingerprint density at radius 2 is 1.94 bits per heavy atom. The van der Waals surface area contributed by atoms with E-state index >= 15 is 0 Å². The van der Waals surface area contributed by atoms with E-state index < -0.39 is 0 Å². The van der Waals surface area contributed by atoms with E-state index in [0.29, 0.717) is 17.4 Å². The van der Waals surface area contributed by atoms with Crippen LogP contribution in [-0.2, 0) is 0 Å². The average Bonchev–Trinajstić information content (AvgIpc) is 2.27. The second-order valence-electron chi connectivity index (χ2n) is 6.33. The van der Waals surface area contributed by atoms with E-state index in [1.165, 1.54) is 45.2 Å². The van der Waals surface area contributed by atoms with Gasteiger partial charge in [0.1, 0.15) is 0 Å². The topological polar surface area (TPSA) is 27.0 Å². The van der Waals surface area contributed by atoms with Gasteiger partial charge in [-0.25, -0.2) is 0 Å². The molecule has 1 saturated heterocycles. The molecule has 1 heterocycles. The van der Waals surface area contributed by atoms with Crippen LogP contribution in [0.5, 0.6) is 0 Å². The van der Waals surface area contributed by atoms with Crippen LogP contribution in [0.15, 0.2) is 0 Å². The zero-order valence-corrected chi connectivity index (χ0v) is 10.7. The molecule has 0 spiro atoms. The van der Waals surface area contributed by atoms with Crippen molar-refractivity contribution in [2.45, 2.75) is 58.4 Å². The summed E-state index contributed by atoms with van der Waals surface area (Å²) in [5.41, 5.74) is 0.454. The fourth-order valence-electron chi connectivity index (χ4n) is 3.45. The molecule has 0 aromatic carbocycles. The Balaban J connectivity index is 2.02. The normalized spacial score (nSPS) is 35.6. The van der Waals surface area contributed by atoms with Gasteiger partial charge in [0.05, 0.1) is 12.0 Å². The van der Waals surface area contributed by atoms with Gasteiger partial charge in [-0.3, -0.25) is 4.90 Å². The smallest absolute Gasteiger partial charge is 0.0672 e. The van der Waals surface area contributed by atoms with Gasteiger partial charge in [-0.15, -0.1) is 0 Å². The third-order valence-corrected chi connectivity index (χ3v) is 4.29. The minimum atomic E-state index is 0.294. The minimum Gasteiger partial charge on any atom is -0.299 e. The van der Waals surface area contributed by atoms with E-state index in [1.807, 2.05) is 0 Å². The third-order valence-electron chi connectivity index (χ3n) is 4.29. The van der Waals surface area contributed by atoms with Gasteiger partial charge in [-0.05, 0) is 37.6 Å². The van der Waals surface area contributed by atoms with Crippen LogP contribution >= 0.6 is 0 Å². The molecule has 0 aromatic rings. The van der Waals surface area contributed by atoms with Crippen molar-refractivity contribution in [2.75, 3.05) is 13.1 Å². The second-order valence-corrected chi connectivity index (χ2v) is 6.33. The molecule has 0 radical (unpaired) electrons. The average molecular weight is 220 g/mol. The maximum atomic E-state index is 9.25. The summed E-state index contributed by atoms with van der Waals surface area (Å²) in [5, 5.41) is 9.25. The maximum absolute atomic E-state index is 9.25. The van der Waals surface area contributed by atoms with Crippen molar-refractivity contribution < 1.29 is 0 Å². The Morgan fingerprint density at radius 3 is 2.62 bits per heavy atom. The standard InChI is InChI=1S/C14H24N2/c1-14(2)8-5-9-16(11-14)13-7-4-3-6-12(13)10-15/h12-13H,3-9,11H2,1-2H3. The zero-order valence-electron chi connectivity index (χ0n) is 10.7. The van der Waals surface area contributed by atoms with Gasteiger partial charge in [0.15, 0.2) is 0 Å². The molecule has 2 rings (SSSR count). The predicted molar refractivity (Wildman–Crippen MR) is 65.9 cm³/mol. The summed E-state index contributed by atoms with van der Waals surface area (Å²) in [6.07, 6.45) is 7.59. The van der Waals surface area contributed by atoms with Gasteiger partial charge < -0.3 is 0 Å². The van der Waals surface area contributed by atoms with Gasteiger partial charge in [0.2, 0.25) is 0 Å². The van der Waals surface area contributed by atoms with Crippen LogP contribution in [0, 0.1) is 22.7 Å². The molecule has 0 amide bonds. The van der Waals surface area contributed by atoms with Gasteiger partial charge in [-0.2, -0.15) is 5.26 Å². The lowest BCUT2D eigenvalue weighted by molar-refractivity contribution is 0.0462. The molecule has 2 aliphatic rings. The summed E-state index contributed by atoms with van der Waals surface area (Å²) in [6.45, 7) is 7.13. The molecule has 1 aliphatic heterocycles. The van der Waals surface area contributed by atoms with Crippen molar-refractivity contribution in [3.8, 4) is 6.07 Å². The quantitative estimate of drug-likeness (QED) is 0.678. The summed E-state index contributed by atoms with van der Waals surface area (Å²) in [5.74, 6) is 0.294. The van der Waals surface area contributed by atoms with Crippen molar-refractivity contribution in [2.24, 2.45) is 11.3 Å². The number of piperidine rings is 1. The molecule has 90 valence electrons. The lowest BCUT2D eigenvalue weighted by atomic mass is 9.79. The van der Waals surface area contributed by atoms with Crippen LogP contribution in [0.4, 0.5) is 0 Å². The molecule has 2 fully saturated rings. The van der Waals surface area contributed by atoms with Gasteiger partial charge in [0.25, 0.3) is 0 Å². The number of hydrogen-bond acceptors (Lipinski definition) is 2. The van der Waals surface area contributed by atoms with Crippen LogP contribution in [0.1, 0.15) is 52.4 Å². The summed E-state index contributed by atoms with van der Waals surface area (Å²) in [4.78, 5) is 2.61. The van der Waals surface area contributed by atoms with Gasteiger partial charge in [-0.1, -0.05) is 26.7 Å². The highest BCUT2D eigenvalue weighted by Crippen LogP contribution is 2.35. The molecule has 2 unspecified atom stereocenters. The first-order valence-corrected chi connectivity index (χ1v) is 6.76. The Labute approximate surface area is 99.6 Å². The van der Waals surface area contributed by atoms with E-state index in [9.17, 15) is 5.26 Å². The van der Waals surface area contributed by atoms with E-state index in [1.54, 1.807) is 0 Å². The summed E-state index contributed by atoms with van der Waals surface area (Å²) in [6, 6.07) is 3.09. The molecule has 2 nitrogen and oxygen atoms in total. The largest absolute Gasteiger partial charge is 0.299 e. The number of nitrogens with zero attached hydrogens (tertiary/aromatic N) is 2. The van der Waals surface area contributed by atoms with Gasteiger partial charge >= 0.3 is 0 Å². The number of likely N-dealkylation sites (tertiary alicyclic amines) is 1. The van der Waals surface area contributed by atoms with Crippen LogP contribution in [0.2, 0.25) is 0 Å². The van der Waals surface area contributed by atoms with Crippen molar-refractivity contribution in [1.29, 1.82) is 5.26 Å². The first kappa shape index (κ1) is 11.9. The molecule has 2 atom stereocenters. The molecule has 2 heteroatoms. The predicted octanol–water partition coefficient (Wildman–Crippen LogP) is 3.19. The van der Waals surface area contributed by atoms with E-state index in [2.05, 4.69) is 24.8 Å². The minimum absolute atomic E-state index is 0.294. The fourth-order valence-corrected chi connectivity index (χ4v) is 3.45. The van der Waals surface area contributed by atoms with Crippen molar-refractivity contribution in [3.05, 3.63) is 0 Å². The molecular weight excluding hydrogens is 196 g/mol. The highest BCUT2D eigenvalue weighted by atomic mass is 15.2.